The first kappa shape index (κ1) is 34.6. The van der Waals surface area contributed by atoms with E-state index in [1.165, 1.54) is 4.90 Å². The zero-order chi connectivity index (χ0) is 36.0. The van der Waals surface area contributed by atoms with E-state index in [0.29, 0.717) is 53.4 Å². The van der Waals surface area contributed by atoms with Crippen LogP contribution in [0.25, 0.3) is 0 Å². The fourth-order valence-electron chi connectivity index (χ4n) is 6.62. The SMILES string of the molecule is O=C(CCc1ccc2c(c1)OCO2)NC(Cc1ccccc1)C(O)CN(CCc1ccc2c(c1)OCO2)C(=O)CCN1C(=O)c2ccccc2C1=O. The quantitative estimate of drug-likeness (QED) is 0.176. The lowest BCUT2D eigenvalue weighted by molar-refractivity contribution is -0.133. The third-order valence-corrected chi connectivity index (χ3v) is 9.48. The molecule has 0 fully saturated rings. The first-order valence-electron chi connectivity index (χ1n) is 17.3. The summed E-state index contributed by atoms with van der Waals surface area (Å²) in [6.07, 6.45) is 0.114. The summed E-state index contributed by atoms with van der Waals surface area (Å²) in [6, 6.07) is 26.5. The van der Waals surface area contributed by atoms with Gasteiger partial charge in [0.2, 0.25) is 25.4 Å². The lowest BCUT2D eigenvalue weighted by Crippen LogP contribution is -2.51. The van der Waals surface area contributed by atoms with Gasteiger partial charge in [-0.25, -0.2) is 0 Å². The van der Waals surface area contributed by atoms with Crippen LogP contribution in [0.2, 0.25) is 0 Å². The lowest BCUT2D eigenvalue weighted by Gasteiger charge is -2.31. The van der Waals surface area contributed by atoms with Gasteiger partial charge >= 0.3 is 0 Å². The highest BCUT2D eigenvalue weighted by atomic mass is 16.7. The van der Waals surface area contributed by atoms with Crippen molar-refractivity contribution in [3.8, 4) is 23.0 Å². The number of benzene rings is 4. The molecule has 4 aromatic carbocycles. The number of rotatable bonds is 15. The average Bonchev–Trinajstić information content (AvgIpc) is 3.89. The van der Waals surface area contributed by atoms with Crippen LogP contribution in [0.3, 0.4) is 0 Å². The molecule has 3 heterocycles. The number of aryl methyl sites for hydroxylation is 1. The number of imide groups is 1. The molecule has 4 aromatic rings. The van der Waals surface area contributed by atoms with E-state index in [0.717, 1.165) is 21.6 Å². The van der Waals surface area contributed by atoms with E-state index in [9.17, 15) is 24.3 Å². The number of amides is 4. The Bertz CT molecular complexity index is 1930. The van der Waals surface area contributed by atoms with Gasteiger partial charge in [0.25, 0.3) is 11.8 Å². The number of fused-ring (bicyclic) bond motifs is 3. The average molecular weight is 706 g/mol. The van der Waals surface area contributed by atoms with Crippen LogP contribution in [0, 0.1) is 0 Å². The molecule has 3 aliphatic heterocycles. The van der Waals surface area contributed by atoms with Crippen LogP contribution < -0.4 is 24.3 Å². The first-order valence-corrected chi connectivity index (χ1v) is 17.3. The molecule has 7 rings (SSSR count). The molecule has 2 N–H and O–H groups in total. The lowest BCUT2D eigenvalue weighted by atomic mass is 9.99. The molecule has 12 nitrogen and oxygen atoms in total. The highest BCUT2D eigenvalue weighted by Gasteiger charge is 2.36. The summed E-state index contributed by atoms with van der Waals surface area (Å²) in [6.45, 7) is 0.334. The number of nitrogens with one attached hydrogen (secondary N) is 1. The Balaban J connectivity index is 1.05. The van der Waals surface area contributed by atoms with E-state index in [4.69, 9.17) is 18.9 Å². The number of carbonyl (C=O) groups excluding carboxylic acids is 4. The highest BCUT2D eigenvalue weighted by Crippen LogP contribution is 2.34. The van der Waals surface area contributed by atoms with E-state index in [1.807, 2.05) is 66.7 Å². The summed E-state index contributed by atoms with van der Waals surface area (Å²) < 4.78 is 21.8. The Hall–Kier alpha value is -5.88. The molecule has 0 radical (unpaired) electrons. The van der Waals surface area contributed by atoms with E-state index in [2.05, 4.69) is 5.32 Å². The van der Waals surface area contributed by atoms with Gasteiger partial charge in [-0.05, 0) is 72.4 Å². The van der Waals surface area contributed by atoms with Crippen LogP contribution in [0.15, 0.2) is 91.0 Å². The van der Waals surface area contributed by atoms with Crippen molar-refractivity contribution in [1.82, 2.24) is 15.1 Å². The maximum Gasteiger partial charge on any atom is 0.261 e. The Labute approximate surface area is 300 Å². The minimum atomic E-state index is -1.14. The standard InChI is InChI=1S/C40H39N3O9/c44-32(31(20-26-6-2-1-3-7-26)41-37(45)15-12-27-10-13-33-35(21-27)51-24-49-33)23-42(18-16-28-11-14-34-36(22-28)52-25-50-34)38(46)17-19-43-39(47)29-8-4-5-9-30(29)40(43)48/h1-11,13-14,21-22,31-32,44H,12,15-20,23-25H2,(H,41,45). The van der Waals surface area contributed by atoms with Crippen molar-refractivity contribution >= 4 is 23.6 Å². The number of carbonyl (C=O) groups is 4. The van der Waals surface area contributed by atoms with Gasteiger partial charge in [0.05, 0.1) is 23.3 Å². The topological polar surface area (TPSA) is 144 Å². The molecule has 0 saturated heterocycles. The molecule has 2 unspecified atom stereocenters. The maximum absolute atomic E-state index is 13.9. The van der Waals surface area contributed by atoms with E-state index in [1.54, 1.807) is 24.3 Å². The third-order valence-electron chi connectivity index (χ3n) is 9.48. The maximum atomic E-state index is 13.9. The Morgan fingerprint density at radius 3 is 1.92 bits per heavy atom. The Morgan fingerprint density at radius 1 is 0.712 bits per heavy atom. The Kier molecular flexibility index (Phi) is 10.3. The van der Waals surface area contributed by atoms with Crippen LogP contribution in [0.1, 0.15) is 50.2 Å². The smallest absolute Gasteiger partial charge is 0.261 e. The fraction of sp³-hybridized carbons (Fsp3) is 0.300. The van der Waals surface area contributed by atoms with Crippen molar-refractivity contribution < 1.29 is 43.2 Å². The van der Waals surface area contributed by atoms with Crippen LogP contribution in [-0.4, -0.2) is 83.9 Å². The van der Waals surface area contributed by atoms with Crippen molar-refractivity contribution in [3.63, 3.8) is 0 Å². The molecule has 3 aliphatic rings. The summed E-state index contributed by atoms with van der Waals surface area (Å²) in [5.41, 5.74) is 3.35. The second kappa shape index (κ2) is 15.6. The summed E-state index contributed by atoms with van der Waals surface area (Å²) in [7, 11) is 0. The summed E-state index contributed by atoms with van der Waals surface area (Å²) in [4.78, 5) is 55.8. The van der Waals surface area contributed by atoms with Gasteiger partial charge in [0.1, 0.15) is 0 Å². The number of hydrogen-bond donors (Lipinski definition) is 2. The van der Waals surface area contributed by atoms with Gasteiger partial charge in [-0.1, -0.05) is 54.6 Å². The molecular weight excluding hydrogens is 666 g/mol. The van der Waals surface area contributed by atoms with Crippen LogP contribution in [-0.2, 0) is 28.9 Å². The van der Waals surface area contributed by atoms with Gasteiger partial charge < -0.3 is 34.3 Å². The summed E-state index contributed by atoms with van der Waals surface area (Å²) in [5.74, 6) is 1.10. The number of aliphatic hydroxyl groups is 1. The van der Waals surface area contributed by atoms with Crippen LogP contribution >= 0.6 is 0 Å². The minimum absolute atomic E-state index is 0.0918. The van der Waals surface area contributed by atoms with Crippen molar-refractivity contribution in [2.45, 2.75) is 44.2 Å². The molecule has 4 amide bonds. The molecule has 0 aliphatic carbocycles. The Morgan fingerprint density at radius 2 is 1.29 bits per heavy atom. The third kappa shape index (κ3) is 7.87. The van der Waals surface area contributed by atoms with Gasteiger partial charge in [0, 0.05) is 32.5 Å². The number of nitrogens with zero attached hydrogens (tertiary/aromatic N) is 2. The predicted molar refractivity (Wildman–Crippen MR) is 188 cm³/mol. The van der Waals surface area contributed by atoms with Crippen LogP contribution in [0.4, 0.5) is 0 Å². The van der Waals surface area contributed by atoms with Crippen molar-refractivity contribution in [3.05, 3.63) is 119 Å². The van der Waals surface area contributed by atoms with Crippen molar-refractivity contribution in [2.75, 3.05) is 33.2 Å². The van der Waals surface area contributed by atoms with Crippen molar-refractivity contribution in [1.29, 1.82) is 0 Å². The molecule has 2 atom stereocenters. The van der Waals surface area contributed by atoms with Gasteiger partial charge in [-0.3, -0.25) is 24.1 Å². The molecule has 0 saturated carbocycles. The minimum Gasteiger partial charge on any atom is -0.454 e. The van der Waals surface area contributed by atoms with Gasteiger partial charge in [-0.2, -0.15) is 0 Å². The largest absolute Gasteiger partial charge is 0.454 e. The number of ether oxygens (including phenoxy) is 4. The zero-order valence-corrected chi connectivity index (χ0v) is 28.5. The summed E-state index contributed by atoms with van der Waals surface area (Å²) in [5, 5.41) is 14.8. The molecule has 268 valence electrons. The fourth-order valence-corrected chi connectivity index (χ4v) is 6.62. The molecule has 12 heteroatoms. The molecular formula is C40H39N3O9. The molecule has 52 heavy (non-hydrogen) atoms. The first-order chi connectivity index (χ1) is 25.3. The second-order valence-corrected chi connectivity index (χ2v) is 13.0. The van der Waals surface area contributed by atoms with Crippen LogP contribution in [0.5, 0.6) is 23.0 Å². The molecule has 0 spiro atoms. The molecule has 0 aromatic heterocycles. The normalized spacial score (nSPS) is 15.0. The summed E-state index contributed by atoms with van der Waals surface area (Å²) >= 11 is 0. The number of hydrogen-bond acceptors (Lipinski definition) is 9. The highest BCUT2D eigenvalue weighted by molar-refractivity contribution is 6.21. The molecule has 0 bridgehead atoms. The van der Waals surface area contributed by atoms with E-state index in [-0.39, 0.29) is 57.9 Å². The zero-order valence-electron chi connectivity index (χ0n) is 28.5. The van der Waals surface area contributed by atoms with Gasteiger partial charge in [0.15, 0.2) is 23.0 Å². The van der Waals surface area contributed by atoms with E-state index < -0.39 is 24.0 Å². The predicted octanol–water partition coefficient (Wildman–Crippen LogP) is 3.92. The number of aliphatic hydroxyl groups excluding tert-OH is 1. The second-order valence-electron chi connectivity index (χ2n) is 13.0. The van der Waals surface area contributed by atoms with Crippen molar-refractivity contribution in [2.24, 2.45) is 0 Å². The monoisotopic (exact) mass is 705 g/mol. The van der Waals surface area contributed by atoms with Gasteiger partial charge in [-0.15, -0.1) is 0 Å². The van der Waals surface area contributed by atoms with E-state index >= 15 is 0 Å².